The standard InChI is InChI=1S/C25H25ClN2O4/c1-15-3-5-17(6-4-15)22-21-23(29)18-14-19(26)16(2)13-20(18)32-24(21)25(30)28(22)8-7-27-9-11-31-12-10-27/h3-6,13-14,22H,7-12H2,1-2H3. The van der Waals surface area contributed by atoms with Crippen molar-refractivity contribution >= 4 is 28.5 Å². The normalized spacial score (nSPS) is 19.0. The molecule has 5 rings (SSSR count). The Labute approximate surface area is 191 Å². The number of morpholine rings is 1. The van der Waals surface area contributed by atoms with Crippen molar-refractivity contribution in [2.24, 2.45) is 0 Å². The van der Waals surface area contributed by atoms with Crippen molar-refractivity contribution in [2.45, 2.75) is 19.9 Å². The lowest BCUT2D eigenvalue weighted by atomic mass is 9.97. The van der Waals surface area contributed by atoms with E-state index in [1.54, 1.807) is 17.0 Å². The Morgan fingerprint density at radius 3 is 2.47 bits per heavy atom. The zero-order valence-corrected chi connectivity index (χ0v) is 18.9. The van der Waals surface area contributed by atoms with Gasteiger partial charge in [-0.2, -0.15) is 0 Å². The fourth-order valence-corrected chi connectivity index (χ4v) is 4.70. The van der Waals surface area contributed by atoms with Crippen molar-refractivity contribution in [1.29, 1.82) is 0 Å². The number of aryl methyl sites for hydroxylation is 2. The number of ether oxygens (including phenoxy) is 1. The van der Waals surface area contributed by atoms with Crippen LogP contribution in [0.1, 0.15) is 38.9 Å². The molecule has 2 aromatic carbocycles. The Morgan fingerprint density at radius 2 is 1.75 bits per heavy atom. The first-order valence-electron chi connectivity index (χ1n) is 10.9. The number of carbonyl (C=O) groups excluding carboxylic acids is 1. The molecule has 3 aromatic rings. The van der Waals surface area contributed by atoms with Gasteiger partial charge in [0.25, 0.3) is 5.91 Å². The van der Waals surface area contributed by atoms with Gasteiger partial charge in [-0.25, -0.2) is 0 Å². The maximum atomic E-state index is 13.6. The topological polar surface area (TPSA) is 63.0 Å². The van der Waals surface area contributed by atoms with Crippen LogP contribution in [0.3, 0.4) is 0 Å². The van der Waals surface area contributed by atoms with E-state index in [0.717, 1.165) is 29.8 Å². The number of halogens is 1. The van der Waals surface area contributed by atoms with Gasteiger partial charge < -0.3 is 14.1 Å². The minimum absolute atomic E-state index is 0.136. The molecular weight excluding hydrogens is 428 g/mol. The second kappa shape index (κ2) is 8.35. The monoisotopic (exact) mass is 452 g/mol. The second-order valence-electron chi connectivity index (χ2n) is 8.54. The molecule has 3 heterocycles. The SMILES string of the molecule is Cc1ccc(C2c3c(oc4cc(C)c(Cl)cc4c3=O)C(=O)N2CCN2CCOCC2)cc1. The summed E-state index contributed by atoms with van der Waals surface area (Å²) < 4.78 is 11.5. The Bertz CT molecular complexity index is 1250. The largest absolute Gasteiger partial charge is 0.450 e. The molecule has 0 aliphatic carbocycles. The zero-order chi connectivity index (χ0) is 22.4. The number of hydrogen-bond donors (Lipinski definition) is 0. The van der Waals surface area contributed by atoms with Crippen LogP contribution in [0.5, 0.6) is 0 Å². The number of fused-ring (bicyclic) bond motifs is 2. The second-order valence-corrected chi connectivity index (χ2v) is 8.94. The molecule has 2 aliphatic heterocycles. The summed E-state index contributed by atoms with van der Waals surface area (Å²) in [5.41, 5.74) is 3.40. The third kappa shape index (κ3) is 3.62. The van der Waals surface area contributed by atoms with E-state index in [1.807, 2.05) is 38.1 Å². The summed E-state index contributed by atoms with van der Waals surface area (Å²) in [6, 6.07) is 10.8. The molecule has 0 spiro atoms. The molecule has 2 aliphatic rings. The average molecular weight is 453 g/mol. The van der Waals surface area contributed by atoms with Gasteiger partial charge in [-0.05, 0) is 37.1 Å². The maximum Gasteiger partial charge on any atom is 0.290 e. The van der Waals surface area contributed by atoms with Crippen LogP contribution in [0, 0.1) is 13.8 Å². The third-order valence-corrected chi connectivity index (χ3v) is 6.81. The molecule has 1 aromatic heterocycles. The number of amides is 1. The van der Waals surface area contributed by atoms with Crippen molar-refractivity contribution in [1.82, 2.24) is 9.80 Å². The van der Waals surface area contributed by atoms with Crippen molar-refractivity contribution in [3.8, 4) is 0 Å². The fraction of sp³-hybridized carbons (Fsp3) is 0.360. The van der Waals surface area contributed by atoms with Crippen LogP contribution < -0.4 is 5.43 Å². The van der Waals surface area contributed by atoms with E-state index in [0.29, 0.717) is 47.9 Å². The summed E-state index contributed by atoms with van der Waals surface area (Å²) in [6.45, 7) is 8.13. The van der Waals surface area contributed by atoms with E-state index >= 15 is 0 Å². The summed E-state index contributed by atoms with van der Waals surface area (Å²) in [5.74, 6) is -0.109. The number of rotatable bonds is 4. The summed E-state index contributed by atoms with van der Waals surface area (Å²) >= 11 is 6.30. The predicted molar refractivity (Wildman–Crippen MR) is 124 cm³/mol. The molecule has 1 saturated heterocycles. The lowest BCUT2D eigenvalue weighted by Crippen LogP contribution is -2.42. The van der Waals surface area contributed by atoms with Gasteiger partial charge in [0.1, 0.15) is 5.58 Å². The highest BCUT2D eigenvalue weighted by atomic mass is 35.5. The van der Waals surface area contributed by atoms with E-state index in [9.17, 15) is 9.59 Å². The highest BCUT2D eigenvalue weighted by Gasteiger charge is 2.42. The van der Waals surface area contributed by atoms with Gasteiger partial charge in [-0.3, -0.25) is 14.5 Å². The first-order chi connectivity index (χ1) is 15.4. The van der Waals surface area contributed by atoms with Gasteiger partial charge in [0, 0.05) is 31.2 Å². The fourth-order valence-electron chi connectivity index (χ4n) is 4.54. The Morgan fingerprint density at radius 1 is 1.03 bits per heavy atom. The van der Waals surface area contributed by atoms with Crippen LogP contribution in [-0.4, -0.2) is 55.1 Å². The molecule has 1 amide bonds. The van der Waals surface area contributed by atoms with Crippen LogP contribution in [0.25, 0.3) is 11.0 Å². The molecule has 0 bridgehead atoms. The first kappa shape index (κ1) is 21.2. The van der Waals surface area contributed by atoms with Crippen LogP contribution >= 0.6 is 11.6 Å². The van der Waals surface area contributed by atoms with Crippen molar-refractivity contribution in [3.63, 3.8) is 0 Å². The highest BCUT2D eigenvalue weighted by Crippen LogP contribution is 2.38. The molecule has 1 atom stereocenters. The number of benzene rings is 2. The molecule has 166 valence electrons. The summed E-state index contributed by atoms with van der Waals surface area (Å²) in [5, 5.41) is 0.907. The molecule has 0 saturated carbocycles. The van der Waals surface area contributed by atoms with Crippen molar-refractivity contribution < 1.29 is 13.9 Å². The molecule has 0 N–H and O–H groups in total. The molecule has 7 heteroatoms. The average Bonchev–Trinajstić information content (AvgIpc) is 3.07. The Kier molecular flexibility index (Phi) is 5.53. The van der Waals surface area contributed by atoms with Gasteiger partial charge in [0.05, 0.1) is 30.2 Å². The summed E-state index contributed by atoms with van der Waals surface area (Å²) in [7, 11) is 0. The van der Waals surface area contributed by atoms with Gasteiger partial charge in [0.15, 0.2) is 5.43 Å². The minimum Gasteiger partial charge on any atom is -0.450 e. The summed E-state index contributed by atoms with van der Waals surface area (Å²) in [6.07, 6.45) is 0. The molecule has 0 radical (unpaired) electrons. The van der Waals surface area contributed by atoms with Crippen molar-refractivity contribution in [2.75, 3.05) is 39.4 Å². The maximum absolute atomic E-state index is 13.6. The van der Waals surface area contributed by atoms with Crippen LogP contribution in [0.15, 0.2) is 45.6 Å². The zero-order valence-electron chi connectivity index (χ0n) is 18.2. The van der Waals surface area contributed by atoms with Gasteiger partial charge >= 0.3 is 0 Å². The van der Waals surface area contributed by atoms with E-state index < -0.39 is 6.04 Å². The summed E-state index contributed by atoms with van der Waals surface area (Å²) in [4.78, 5) is 31.1. The van der Waals surface area contributed by atoms with E-state index in [2.05, 4.69) is 4.90 Å². The smallest absolute Gasteiger partial charge is 0.290 e. The first-order valence-corrected chi connectivity index (χ1v) is 11.3. The molecule has 1 fully saturated rings. The Balaban J connectivity index is 1.62. The quantitative estimate of drug-likeness (QED) is 0.600. The number of hydrogen-bond acceptors (Lipinski definition) is 5. The predicted octanol–water partition coefficient (Wildman–Crippen LogP) is 3.94. The lowest BCUT2D eigenvalue weighted by molar-refractivity contribution is 0.0314. The van der Waals surface area contributed by atoms with E-state index in [4.69, 9.17) is 20.8 Å². The van der Waals surface area contributed by atoms with Crippen LogP contribution in [0.2, 0.25) is 5.02 Å². The van der Waals surface area contributed by atoms with Gasteiger partial charge in [0.2, 0.25) is 5.76 Å². The molecule has 1 unspecified atom stereocenters. The van der Waals surface area contributed by atoms with E-state index in [1.165, 1.54) is 0 Å². The molecular formula is C25H25ClN2O4. The number of nitrogens with zero attached hydrogens (tertiary/aromatic N) is 2. The van der Waals surface area contributed by atoms with Crippen LogP contribution in [-0.2, 0) is 4.74 Å². The number of carbonyl (C=O) groups is 1. The Hall–Kier alpha value is -2.67. The molecule has 32 heavy (non-hydrogen) atoms. The highest BCUT2D eigenvalue weighted by molar-refractivity contribution is 6.32. The van der Waals surface area contributed by atoms with Gasteiger partial charge in [-0.1, -0.05) is 41.4 Å². The lowest BCUT2D eigenvalue weighted by Gasteiger charge is -2.31. The van der Waals surface area contributed by atoms with Crippen molar-refractivity contribution in [3.05, 3.63) is 79.7 Å². The van der Waals surface area contributed by atoms with Gasteiger partial charge in [-0.15, -0.1) is 0 Å². The van der Waals surface area contributed by atoms with Crippen LogP contribution in [0.4, 0.5) is 0 Å². The van der Waals surface area contributed by atoms with E-state index in [-0.39, 0.29) is 17.1 Å². The molecule has 6 nitrogen and oxygen atoms in total. The minimum atomic E-state index is -0.486. The third-order valence-electron chi connectivity index (χ3n) is 6.40.